The first-order valence-corrected chi connectivity index (χ1v) is 7.05. The summed E-state index contributed by atoms with van der Waals surface area (Å²) >= 11 is 1.18. The standard InChI is InChI=1S/C14H11FN2O2S/c15-9-4-1-3-8(7-9)13(19)17-14-16-10-5-2-6-11(18)12(10)20-14/h1,3-4,7H,2,5-6H2,(H,16,17,19). The Morgan fingerprint density at radius 3 is 2.95 bits per heavy atom. The number of benzene rings is 1. The number of aryl methyl sites for hydroxylation is 1. The number of carbonyl (C=O) groups is 2. The predicted molar refractivity (Wildman–Crippen MR) is 73.7 cm³/mol. The van der Waals surface area contributed by atoms with E-state index in [0.717, 1.165) is 24.6 Å². The molecule has 0 fully saturated rings. The van der Waals surface area contributed by atoms with E-state index in [0.29, 0.717) is 16.4 Å². The Morgan fingerprint density at radius 2 is 2.20 bits per heavy atom. The summed E-state index contributed by atoms with van der Waals surface area (Å²) in [6, 6.07) is 5.43. The van der Waals surface area contributed by atoms with E-state index in [2.05, 4.69) is 10.3 Å². The van der Waals surface area contributed by atoms with Gasteiger partial charge in [0.25, 0.3) is 5.91 Å². The van der Waals surface area contributed by atoms with Crippen LogP contribution in [0.2, 0.25) is 0 Å². The second-order valence-corrected chi connectivity index (χ2v) is 5.54. The Kier molecular flexibility index (Phi) is 3.31. The van der Waals surface area contributed by atoms with Gasteiger partial charge in [0.1, 0.15) is 5.82 Å². The molecule has 4 nitrogen and oxygen atoms in total. The third-order valence-corrected chi connectivity index (χ3v) is 4.13. The van der Waals surface area contributed by atoms with E-state index in [1.165, 1.54) is 29.5 Å². The average Bonchev–Trinajstić information content (AvgIpc) is 2.83. The van der Waals surface area contributed by atoms with E-state index in [-0.39, 0.29) is 11.3 Å². The van der Waals surface area contributed by atoms with Crippen LogP contribution in [-0.2, 0) is 6.42 Å². The molecule has 1 aromatic carbocycles. The van der Waals surface area contributed by atoms with Gasteiger partial charge in [-0.15, -0.1) is 0 Å². The van der Waals surface area contributed by atoms with E-state index in [9.17, 15) is 14.0 Å². The van der Waals surface area contributed by atoms with Crippen molar-refractivity contribution in [2.24, 2.45) is 0 Å². The Balaban J connectivity index is 1.81. The molecule has 0 atom stereocenters. The minimum absolute atomic E-state index is 0.0787. The van der Waals surface area contributed by atoms with Crippen LogP contribution >= 0.6 is 11.3 Å². The fraction of sp³-hybridized carbons (Fsp3) is 0.214. The first-order chi connectivity index (χ1) is 9.63. The van der Waals surface area contributed by atoms with Crippen molar-refractivity contribution >= 4 is 28.2 Å². The number of fused-ring (bicyclic) bond motifs is 1. The number of ketones is 1. The molecule has 1 amide bonds. The molecule has 1 heterocycles. The molecule has 0 spiro atoms. The fourth-order valence-electron chi connectivity index (χ4n) is 2.12. The number of Topliss-reactive ketones (excluding diaryl/α,β-unsaturated/α-hetero) is 1. The number of aromatic nitrogens is 1. The third kappa shape index (κ3) is 2.46. The third-order valence-electron chi connectivity index (χ3n) is 3.08. The van der Waals surface area contributed by atoms with E-state index < -0.39 is 11.7 Å². The van der Waals surface area contributed by atoms with Crippen LogP contribution in [0.1, 0.15) is 38.6 Å². The highest BCUT2D eigenvalue weighted by Gasteiger charge is 2.22. The first-order valence-electron chi connectivity index (χ1n) is 6.23. The largest absolute Gasteiger partial charge is 0.298 e. The van der Waals surface area contributed by atoms with Crippen LogP contribution in [0.4, 0.5) is 9.52 Å². The molecule has 0 aliphatic heterocycles. The van der Waals surface area contributed by atoms with E-state index in [1.807, 2.05) is 0 Å². The first kappa shape index (κ1) is 12.9. The van der Waals surface area contributed by atoms with Gasteiger partial charge in [-0.3, -0.25) is 14.9 Å². The van der Waals surface area contributed by atoms with Gasteiger partial charge in [-0.05, 0) is 31.0 Å². The van der Waals surface area contributed by atoms with Gasteiger partial charge in [0.2, 0.25) is 0 Å². The molecule has 0 radical (unpaired) electrons. The van der Waals surface area contributed by atoms with Crippen molar-refractivity contribution in [3.8, 4) is 0 Å². The van der Waals surface area contributed by atoms with Crippen molar-refractivity contribution < 1.29 is 14.0 Å². The number of hydrogen-bond acceptors (Lipinski definition) is 4. The topological polar surface area (TPSA) is 59.1 Å². The second kappa shape index (κ2) is 5.13. The molecule has 6 heteroatoms. The maximum atomic E-state index is 13.1. The number of hydrogen-bond donors (Lipinski definition) is 1. The molecule has 3 rings (SSSR count). The number of amides is 1. The summed E-state index contributed by atoms with van der Waals surface area (Å²) in [5.41, 5.74) is 0.977. The molecule has 1 aliphatic rings. The summed E-state index contributed by atoms with van der Waals surface area (Å²) in [5, 5.41) is 3.00. The van der Waals surface area contributed by atoms with Crippen LogP contribution < -0.4 is 5.32 Å². The predicted octanol–water partition coefficient (Wildman–Crippen LogP) is 3.05. The molecular weight excluding hydrogens is 279 g/mol. The lowest BCUT2D eigenvalue weighted by atomic mass is 10.0. The van der Waals surface area contributed by atoms with Gasteiger partial charge in [-0.1, -0.05) is 17.4 Å². The number of nitrogens with zero attached hydrogens (tertiary/aromatic N) is 1. The molecule has 2 aromatic rings. The van der Waals surface area contributed by atoms with Crippen molar-refractivity contribution in [1.29, 1.82) is 0 Å². The Hall–Kier alpha value is -2.08. The summed E-state index contributed by atoms with van der Waals surface area (Å²) in [5.74, 6) is -0.815. The number of rotatable bonds is 2. The van der Waals surface area contributed by atoms with Crippen LogP contribution in [0.3, 0.4) is 0 Å². The van der Waals surface area contributed by atoms with Gasteiger partial charge in [-0.2, -0.15) is 0 Å². The number of halogens is 1. The molecule has 20 heavy (non-hydrogen) atoms. The molecule has 1 aliphatic carbocycles. The normalized spacial score (nSPS) is 13.9. The van der Waals surface area contributed by atoms with Crippen molar-refractivity contribution in [2.45, 2.75) is 19.3 Å². The lowest BCUT2D eigenvalue weighted by Crippen LogP contribution is -2.12. The van der Waals surface area contributed by atoms with Gasteiger partial charge in [0.15, 0.2) is 10.9 Å². The van der Waals surface area contributed by atoms with E-state index in [1.54, 1.807) is 0 Å². The monoisotopic (exact) mass is 290 g/mol. The van der Waals surface area contributed by atoms with Crippen molar-refractivity contribution in [2.75, 3.05) is 5.32 Å². The molecule has 1 N–H and O–H groups in total. The van der Waals surface area contributed by atoms with Gasteiger partial charge < -0.3 is 0 Å². The van der Waals surface area contributed by atoms with Crippen molar-refractivity contribution in [1.82, 2.24) is 4.98 Å². The maximum Gasteiger partial charge on any atom is 0.257 e. The molecule has 0 unspecified atom stereocenters. The minimum atomic E-state index is -0.466. The highest BCUT2D eigenvalue weighted by atomic mass is 32.1. The van der Waals surface area contributed by atoms with Crippen LogP contribution in [0, 0.1) is 5.82 Å². The van der Waals surface area contributed by atoms with E-state index >= 15 is 0 Å². The highest BCUT2D eigenvalue weighted by Crippen LogP contribution is 2.29. The molecular formula is C14H11FN2O2S. The smallest absolute Gasteiger partial charge is 0.257 e. The lowest BCUT2D eigenvalue weighted by Gasteiger charge is -2.05. The Morgan fingerprint density at radius 1 is 1.35 bits per heavy atom. The zero-order valence-corrected chi connectivity index (χ0v) is 11.3. The van der Waals surface area contributed by atoms with Crippen LogP contribution in [0.25, 0.3) is 0 Å². The molecule has 0 saturated carbocycles. The van der Waals surface area contributed by atoms with Gasteiger partial charge in [0, 0.05) is 12.0 Å². The number of thiazole rings is 1. The second-order valence-electron chi connectivity index (χ2n) is 4.54. The summed E-state index contributed by atoms with van der Waals surface area (Å²) < 4.78 is 13.1. The number of anilines is 1. The highest BCUT2D eigenvalue weighted by molar-refractivity contribution is 7.17. The number of carbonyl (C=O) groups excluding carboxylic acids is 2. The van der Waals surface area contributed by atoms with E-state index in [4.69, 9.17) is 0 Å². The molecule has 102 valence electrons. The summed E-state index contributed by atoms with van der Waals surface area (Å²) in [7, 11) is 0. The molecule has 1 aromatic heterocycles. The summed E-state index contributed by atoms with van der Waals surface area (Å²) in [6.07, 6.45) is 2.09. The van der Waals surface area contributed by atoms with Crippen molar-refractivity contribution in [3.63, 3.8) is 0 Å². The van der Waals surface area contributed by atoms with Crippen LogP contribution in [0.15, 0.2) is 24.3 Å². The fourth-order valence-corrected chi connectivity index (χ4v) is 3.10. The van der Waals surface area contributed by atoms with Gasteiger partial charge in [0.05, 0.1) is 10.6 Å². The molecule has 0 saturated heterocycles. The van der Waals surface area contributed by atoms with Crippen molar-refractivity contribution in [3.05, 3.63) is 46.2 Å². The zero-order valence-electron chi connectivity index (χ0n) is 10.5. The van der Waals surface area contributed by atoms with Crippen LogP contribution in [-0.4, -0.2) is 16.7 Å². The lowest BCUT2D eigenvalue weighted by molar-refractivity contribution is 0.0975. The Labute approximate surface area is 118 Å². The SMILES string of the molecule is O=C(Nc1nc2c(s1)C(=O)CCC2)c1cccc(F)c1. The summed E-state index contributed by atoms with van der Waals surface area (Å²) in [6.45, 7) is 0. The quantitative estimate of drug-likeness (QED) is 0.924. The zero-order chi connectivity index (χ0) is 14.1. The maximum absolute atomic E-state index is 13.1. The van der Waals surface area contributed by atoms with Gasteiger partial charge >= 0.3 is 0 Å². The van der Waals surface area contributed by atoms with Gasteiger partial charge in [-0.25, -0.2) is 9.37 Å². The number of nitrogens with one attached hydrogen (secondary N) is 1. The minimum Gasteiger partial charge on any atom is -0.298 e. The Bertz CT molecular complexity index is 696. The molecule has 0 bridgehead atoms. The van der Waals surface area contributed by atoms with Crippen LogP contribution in [0.5, 0.6) is 0 Å². The summed E-state index contributed by atoms with van der Waals surface area (Å²) in [4.78, 5) is 28.6. The average molecular weight is 290 g/mol.